The lowest BCUT2D eigenvalue weighted by molar-refractivity contribution is -0.122. The summed E-state index contributed by atoms with van der Waals surface area (Å²) in [6.45, 7) is 4.18. The fraction of sp³-hybridized carbons (Fsp3) is 0.909. The van der Waals surface area contributed by atoms with E-state index >= 15 is 0 Å². The summed E-state index contributed by atoms with van der Waals surface area (Å²) in [5.41, 5.74) is 5.90. The highest BCUT2D eigenvalue weighted by Gasteiger charge is 2.32. The van der Waals surface area contributed by atoms with Gasteiger partial charge in [0.1, 0.15) is 0 Å². The zero-order valence-electron chi connectivity index (χ0n) is 10.7. The van der Waals surface area contributed by atoms with E-state index in [2.05, 4.69) is 12.2 Å². The van der Waals surface area contributed by atoms with E-state index in [9.17, 15) is 4.79 Å². The molecular formula is C11H25Cl2N3O. The first kappa shape index (κ1) is 19.3. The van der Waals surface area contributed by atoms with Gasteiger partial charge in [0.2, 0.25) is 5.91 Å². The van der Waals surface area contributed by atoms with Gasteiger partial charge in [0.25, 0.3) is 0 Å². The summed E-state index contributed by atoms with van der Waals surface area (Å²) in [7, 11) is 1.96. The third kappa shape index (κ3) is 7.09. The van der Waals surface area contributed by atoms with Crippen molar-refractivity contribution < 1.29 is 4.79 Å². The second kappa shape index (κ2) is 8.97. The molecule has 4 nitrogen and oxygen atoms in total. The summed E-state index contributed by atoms with van der Waals surface area (Å²) in [6, 6.07) is 0. The first-order chi connectivity index (χ1) is 7.06. The van der Waals surface area contributed by atoms with Crippen molar-refractivity contribution in [3.63, 3.8) is 0 Å². The molecular weight excluding hydrogens is 261 g/mol. The Labute approximate surface area is 117 Å². The quantitative estimate of drug-likeness (QED) is 0.770. The highest BCUT2D eigenvalue weighted by Crippen LogP contribution is 2.27. The molecule has 0 aromatic rings. The number of nitrogens with two attached hydrogens (primary N) is 1. The van der Waals surface area contributed by atoms with Crippen LogP contribution in [0.15, 0.2) is 0 Å². The van der Waals surface area contributed by atoms with Crippen molar-refractivity contribution in [2.24, 2.45) is 5.73 Å². The van der Waals surface area contributed by atoms with Crippen molar-refractivity contribution >= 4 is 30.7 Å². The fourth-order valence-corrected chi connectivity index (χ4v) is 1.84. The predicted molar refractivity (Wildman–Crippen MR) is 76.1 cm³/mol. The van der Waals surface area contributed by atoms with Gasteiger partial charge in [-0.25, -0.2) is 0 Å². The summed E-state index contributed by atoms with van der Waals surface area (Å²) >= 11 is 0. The molecule has 0 saturated heterocycles. The van der Waals surface area contributed by atoms with E-state index in [1.807, 2.05) is 11.9 Å². The molecule has 1 aliphatic rings. The topological polar surface area (TPSA) is 58.4 Å². The molecule has 1 fully saturated rings. The van der Waals surface area contributed by atoms with Crippen molar-refractivity contribution in [2.75, 3.05) is 26.7 Å². The number of hydrogen-bond donors (Lipinski definition) is 2. The van der Waals surface area contributed by atoms with Crippen LogP contribution in [0.3, 0.4) is 0 Å². The molecule has 0 bridgehead atoms. The van der Waals surface area contributed by atoms with Gasteiger partial charge < -0.3 is 11.1 Å². The summed E-state index contributed by atoms with van der Waals surface area (Å²) in [5, 5.41) is 2.91. The Balaban J connectivity index is 0. The Bertz CT molecular complexity index is 223. The van der Waals surface area contributed by atoms with Crippen LogP contribution < -0.4 is 11.1 Å². The number of carbonyl (C=O) groups is 1. The summed E-state index contributed by atoms with van der Waals surface area (Å²) < 4.78 is 0. The first-order valence-electron chi connectivity index (χ1n) is 5.80. The summed E-state index contributed by atoms with van der Waals surface area (Å²) in [4.78, 5) is 13.5. The van der Waals surface area contributed by atoms with Gasteiger partial charge in [-0.3, -0.25) is 9.69 Å². The highest BCUT2D eigenvalue weighted by atomic mass is 35.5. The minimum atomic E-state index is -0.112. The lowest BCUT2D eigenvalue weighted by Crippen LogP contribution is -2.55. The maximum atomic E-state index is 11.5. The van der Waals surface area contributed by atoms with Crippen molar-refractivity contribution in [3.8, 4) is 0 Å². The molecule has 0 radical (unpaired) electrons. The maximum Gasteiger partial charge on any atom is 0.234 e. The van der Waals surface area contributed by atoms with Crippen LogP contribution in [0.25, 0.3) is 0 Å². The molecule has 0 aromatic carbocycles. The number of nitrogens with zero attached hydrogens (tertiary/aromatic N) is 1. The zero-order chi connectivity index (χ0) is 11.3. The molecule has 0 heterocycles. The molecule has 17 heavy (non-hydrogen) atoms. The van der Waals surface area contributed by atoms with Crippen LogP contribution in [-0.4, -0.2) is 43.0 Å². The van der Waals surface area contributed by atoms with Crippen molar-refractivity contribution in [1.29, 1.82) is 0 Å². The number of amides is 1. The largest absolute Gasteiger partial charge is 0.353 e. The van der Waals surface area contributed by atoms with Crippen LogP contribution in [0.5, 0.6) is 0 Å². The van der Waals surface area contributed by atoms with Gasteiger partial charge in [-0.05, 0) is 39.3 Å². The third-order valence-electron chi connectivity index (χ3n) is 3.01. The van der Waals surface area contributed by atoms with Gasteiger partial charge in [0.15, 0.2) is 0 Å². The monoisotopic (exact) mass is 285 g/mol. The molecule has 0 unspecified atom stereocenters. The standard InChI is InChI=1S/C11H23N3O.2ClH/c1-3-7-14(2)8-10(15)13-9-11(12)5-4-6-11;;/h3-9,12H2,1-2H3,(H,13,15);2*1H. The SMILES string of the molecule is CCCN(C)CC(=O)NCC1(N)CCC1.Cl.Cl. The minimum Gasteiger partial charge on any atom is -0.353 e. The second-order valence-electron chi connectivity index (χ2n) is 4.73. The average Bonchev–Trinajstić information content (AvgIpc) is 2.12. The van der Waals surface area contributed by atoms with Gasteiger partial charge in [-0.15, -0.1) is 24.8 Å². The van der Waals surface area contributed by atoms with Crippen LogP contribution >= 0.6 is 24.8 Å². The van der Waals surface area contributed by atoms with Gasteiger partial charge in [0, 0.05) is 12.1 Å². The predicted octanol–water partition coefficient (Wildman–Crippen LogP) is 1.17. The molecule has 1 amide bonds. The number of rotatable bonds is 6. The first-order valence-corrected chi connectivity index (χ1v) is 5.80. The van der Waals surface area contributed by atoms with E-state index in [0.29, 0.717) is 13.1 Å². The molecule has 1 aliphatic carbocycles. The van der Waals surface area contributed by atoms with Crippen LogP contribution in [-0.2, 0) is 4.79 Å². The average molecular weight is 286 g/mol. The number of nitrogens with one attached hydrogen (secondary N) is 1. The van der Waals surface area contributed by atoms with Gasteiger partial charge in [-0.1, -0.05) is 6.92 Å². The normalized spacial score (nSPS) is 16.5. The van der Waals surface area contributed by atoms with Crippen LogP contribution in [0.2, 0.25) is 0 Å². The van der Waals surface area contributed by atoms with E-state index in [0.717, 1.165) is 25.8 Å². The van der Waals surface area contributed by atoms with Crippen molar-refractivity contribution in [2.45, 2.75) is 38.1 Å². The lowest BCUT2D eigenvalue weighted by atomic mass is 9.78. The van der Waals surface area contributed by atoms with E-state index < -0.39 is 0 Å². The van der Waals surface area contributed by atoms with Crippen molar-refractivity contribution in [1.82, 2.24) is 10.2 Å². The van der Waals surface area contributed by atoms with E-state index in [1.54, 1.807) is 0 Å². The molecule has 104 valence electrons. The molecule has 3 N–H and O–H groups in total. The molecule has 1 rings (SSSR count). The molecule has 0 aliphatic heterocycles. The van der Waals surface area contributed by atoms with Crippen LogP contribution in [0, 0.1) is 0 Å². The Morgan fingerprint density at radius 3 is 2.41 bits per heavy atom. The Morgan fingerprint density at radius 2 is 2.00 bits per heavy atom. The third-order valence-corrected chi connectivity index (χ3v) is 3.01. The lowest BCUT2D eigenvalue weighted by Gasteiger charge is -2.38. The number of halogens is 2. The van der Waals surface area contributed by atoms with E-state index in [1.165, 1.54) is 6.42 Å². The number of carbonyl (C=O) groups excluding carboxylic acids is 1. The van der Waals surface area contributed by atoms with Gasteiger partial charge in [-0.2, -0.15) is 0 Å². The summed E-state index contributed by atoms with van der Waals surface area (Å²) in [5.74, 6) is 0.0858. The van der Waals surface area contributed by atoms with Crippen molar-refractivity contribution in [3.05, 3.63) is 0 Å². The smallest absolute Gasteiger partial charge is 0.234 e. The number of hydrogen-bond acceptors (Lipinski definition) is 3. The fourth-order valence-electron chi connectivity index (χ4n) is 1.84. The van der Waals surface area contributed by atoms with E-state index in [-0.39, 0.29) is 36.3 Å². The highest BCUT2D eigenvalue weighted by molar-refractivity contribution is 5.85. The Kier molecular flexibility index (Phi) is 10.2. The van der Waals surface area contributed by atoms with Gasteiger partial charge in [0.05, 0.1) is 6.54 Å². The van der Waals surface area contributed by atoms with Gasteiger partial charge >= 0.3 is 0 Å². The van der Waals surface area contributed by atoms with E-state index in [4.69, 9.17) is 5.73 Å². The Morgan fingerprint density at radius 1 is 1.41 bits per heavy atom. The minimum absolute atomic E-state index is 0. The maximum absolute atomic E-state index is 11.5. The second-order valence-corrected chi connectivity index (χ2v) is 4.73. The Hall–Kier alpha value is -0.0300. The molecule has 0 aromatic heterocycles. The zero-order valence-corrected chi connectivity index (χ0v) is 12.3. The molecule has 6 heteroatoms. The molecule has 0 spiro atoms. The van der Waals surface area contributed by atoms with Crippen LogP contribution in [0.1, 0.15) is 32.6 Å². The number of likely N-dealkylation sites (N-methyl/N-ethyl adjacent to an activating group) is 1. The van der Waals surface area contributed by atoms with Crippen LogP contribution in [0.4, 0.5) is 0 Å². The molecule has 1 saturated carbocycles. The summed E-state index contributed by atoms with van der Waals surface area (Å²) in [6.07, 6.45) is 4.35. The molecule has 0 atom stereocenters.